The lowest BCUT2D eigenvalue weighted by Crippen LogP contribution is -2.23. The number of nitrogens with two attached hydrogens (primary N) is 1. The molecule has 5 heteroatoms. The number of nitrogens with one attached hydrogen (secondary N) is 1. The molecule has 2 aromatic carbocycles. The van der Waals surface area contributed by atoms with Gasteiger partial charge in [0.05, 0.1) is 6.54 Å². The molecule has 3 rings (SSSR count). The Morgan fingerprint density at radius 3 is 2.56 bits per heavy atom. The number of hydrogen-bond donors (Lipinski definition) is 2. The molecule has 0 aromatic heterocycles. The summed E-state index contributed by atoms with van der Waals surface area (Å²) < 4.78 is 0. The number of fused-ring (bicyclic) bond motifs is 1. The number of halogens is 1. The van der Waals surface area contributed by atoms with E-state index in [1.54, 1.807) is 0 Å². The molecule has 1 aliphatic carbocycles. The van der Waals surface area contributed by atoms with Crippen molar-refractivity contribution in [1.82, 2.24) is 4.90 Å². The van der Waals surface area contributed by atoms with Crippen molar-refractivity contribution in [1.29, 1.82) is 0 Å². The second-order valence-corrected chi connectivity index (χ2v) is 6.94. The molecule has 146 valence electrons. The standard InChI is InChI=1S/C22H30N4.HI/c1-3-26(4-2)16-18-8-5-7-17(13-18)15-24-22(23)25-21-12-11-19-9-6-10-20(19)14-21;/h5,7-8,11-14H,3-4,6,9-10,15-16H2,1-2H3,(H3,23,24,25);1H. The summed E-state index contributed by atoms with van der Waals surface area (Å²) in [7, 11) is 0. The predicted octanol–water partition coefficient (Wildman–Crippen LogP) is 4.56. The summed E-state index contributed by atoms with van der Waals surface area (Å²) in [5.74, 6) is 0.470. The van der Waals surface area contributed by atoms with Gasteiger partial charge in [-0.05, 0) is 66.7 Å². The van der Waals surface area contributed by atoms with Crippen LogP contribution in [-0.4, -0.2) is 23.9 Å². The van der Waals surface area contributed by atoms with Gasteiger partial charge in [0.25, 0.3) is 0 Å². The van der Waals surface area contributed by atoms with Crippen molar-refractivity contribution < 1.29 is 0 Å². The fraction of sp³-hybridized carbons (Fsp3) is 0.409. The van der Waals surface area contributed by atoms with E-state index in [1.807, 2.05) is 0 Å². The summed E-state index contributed by atoms with van der Waals surface area (Å²) in [6.07, 6.45) is 3.62. The molecule has 0 radical (unpaired) electrons. The molecule has 0 unspecified atom stereocenters. The first-order valence-electron chi connectivity index (χ1n) is 9.67. The van der Waals surface area contributed by atoms with Gasteiger partial charge in [0.15, 0.2) is 5.96 Å². The minimum absolute atomic E-state index is 0. The van der Waals surface area contributed by atoms with Crippen LogP contribution >= 0.6 is 24.0 Å². The topological polar surface area (TPSA) is 53.6 Å². The summed E-state index contributed by atoms with van der Waals surface area (Å²) in [5.41, 5.74) is 12.5. The normalized spacial score (nSPS) is 13.4. The van der Waals surface area contributed by atoms with Crippen molar-refractivity contribution in [3.63, 3.8) is 0 Å². The Balaban J connectivity index is 0.00000261. The Morgan fingerprint density at radius 2 is 1.78 bits per heavy atom. The second-order valence-electron chi connectivity index (χ2n) is 6.94. The third-order valence-corrected chi connectivity index (χ3v) is 5.09. The molecule has 3 N–H and O–H groups in total. The van der Waals surface area contributed by atoms with E-state index in [0.29, 0.717) is 12.5 Å². The summed E-state index contributed by atoms with van der Waals surface area (Å²) in [6.45, 7) is 8.10. The maximum Gasteiger partial charge on any atom is 0.193 e. The van der Waals surface area contributed by atoms with Crippen LogP contribution in [0.1, 0.15) is 42.5 Å². The number of benzene rings is 2. The van der Waals surface area contributed by atoms with E-state index in [-0.39, 0.29) is 24.0 Å². The molecule has 2 aromatic rings. The van der Waals surface area contributed by atoms with Crippen LogP contribution in [0.25, 0.3) is 0 Å². The van der Waals surface area contributed by atoms with E-state index in [9.17, 15) is 0 Å². The van der Waals surface area contributed by atoms with Gasteiger partial charge in [-0.25, -0.2) is 4.99 Å². The largest absolute Gasteiger partial charge is 0.370 e. The van der Waals surface area contributed by atoms with Crippen molar-refractivity contribution >= 4 is 35.6 Å². The molecule has 0 saturated carbocycles. The smallest absolute Gasteiger partial charge is 0.193 e. The fourth-order valence-corrected chi connectivity index (χ4v) is 3.55. The van der Waals surface area contributed by atoms with Gasteiger partial charge in [0, 0.05) is 12.2 Å². The Hall–Kier alpha value is -1.60. The van der Waals surface area contributed by atoms with Gasteiger partial charge in [-0.2, -0.15) is 0 Å². The van der Waals surface area contributed by atoms with Gasteiger partial charge >= 0.3 is 0 Å². The number of aryl methyl sites for hydroxylation is 2. The molecule has 0 heterocycles. The third-order valence-electron chi connectivity index (χ3n) is 5.09. The van der Waals surface area contributed by atoms with Crippen LogP contribution in [0.15, 0.2) is 47.5 Å². The number of hydrogen-bond acceptors (Lipinski definition) is 2. The van der Waals surface area contributed by atoms with Gasteiger partial charge in [-0.3, -0.25) is 4.90 Å². The number of aliphatic imine (C=N–C) groups is 1. The number of anilines is 1. The SMILES string of the molecule is CCN(CC)Cc1cccc(CN=C(N)Nc2ccc3c(c2)CCC3)c1.I. The van der Waals surface area contributed by atoms with Gasteiger partial charge in [-0.15, -0.1) is 24.0 Å². The number of rotatable bonds is 7. The third kappa shape index (κ3) is 6.21. The zero-order valence-corrected chi connectivity index (χ0v) is 18.7. The van der Waals surface area contributed by atoms with E-state index in [2.05, 4.69) is 71.5 Å². The summed E-state index contributed by atoms with van der Waals surface area (Å²) in [5, 5.41) is 3.23. The molecule has 4 nitrogen and oxygen atoms in total. The Morgan fingerprint density at radius 1 is 1.04 bits per heavy atom. The average Bonchev–Trinajstić information content (AvgIpc) is 3.12. The van der Waals surface area contributed by atoms with Crippen LogP contribution in [0.4, 0.5) is 5.69 Å². The van der Waals surface area contributed by atoms with E-state index in [1.165, 1.54) is 41.5 Å². The highest BCUT2D eigenvalue weighted by atomic mass is 127. The highest BCUT2D eigenvalue weighted by Gasteiger charge is 2.10. The quantitative estimate of drug-likeness (QED) is 0.349. The van der Waals surface area contributed by atoms with Crippen LogP contribution in [0.5, 0.6) is 0 Å². The van der Waals surface area contributed by atoms with Crippen molar-refractivity contribution in [3.8, 4) is 0 Å². The van der Waals surface area contributed by atoms with Crippen molar-refractivity contribution in [3.05, 3.63) is 64.7 Å². The van der Waals surface area contributed by atoms with Crippen LogP contribution in [0.3, 0.4) is 0 Å². The molecule has 0 saturated heterocycles. The van der Waals surface area contributed by atoms with Crippen molar-refractivity contribution in [2.75, 3.05) is 18.4 Å². The lowest BCUT2D eigenvalue weighted by Gasteiger charge is -2.18. The van der Waals surface area contributed by atoms with E-state index in [4.69, 9.17) is 5.73 Å². The maximum atomic E-state index is 6.09. The molecule has 0 spiro atoms. The number of nitrogens with zero attached hydrogens (tertiary/aromatic N) is 2. The van der Waals surface area contributed by atoms with Gasteiger partial charge in [0.1, 0.15) is 0 Å². The first kappa shape index (κ1) is 21.7. The van der Waals surface area contributed by atoms with Gasteiger partial charge in [-0.1, -0.05) is 44.2 Å². The molecule has 0 atom stereocenters. The Labute approximate surface area is 180 Å². The average molecular weight is 478 g/mol. The molecule has 0 fully saturated rings. The molecular weight excluding hydrogens is 447 g/mol. The van der Waals surface area contributed by atoms with Crippen LogP contribution in [0, 0.1) is 0 Å². The van der Waals surface area contributed by atoms with E-state index < -0.39 is 0 Å². The minimum Gasteiger partial charge on any atom is -0.370 e. The maximum absolute atomic E-state index is 6.09. The Bertz CT molecular complexity index is 769. The highest BCUT2D eigenvalue weighted by Crippen LogP contribution is 2.24. The molecule has 0 bridgehead atoms. The first-order valence-corrected chi connectivity index (χ1v) is 9.67. The molecule has 0 amide bonds. The van der Waals surface area contributed by atoms with E-state index >= 15 is 0 Å². The second kappa shape index (κ2) is 10.7. The van der Waals surface area contributed by atoms with Crippen LogP contribution in [0.2, 0.25) is 0 Å². The monoisotopic (exact) mass is 478 g/mol. The minimum atomic E-state index is 0. The lowest BCUT2D eigenvalue weighted by atomic mass is 10.1. The molecule has 0 aliphatic heterocycles. The fourth-order valence-electron chi connectivity index (χ4n) is 3.55. The summed E-state index contributed by atoms with van der Waals surface area (Å²) >= 11 is 0. The van der Waals surface area contributed by atoms with Crippen molar-refractivity contribution in [2.24, 2.45) is 10.7 Å². The lowest BCUT2D eigenvalue weighted by molar-refractivity contribution is 0.296. The molecule has 27 heavy (non-hydrogen) atoms. The van der Waals surface area contributed by atoms with Crippen LogP contribution in [-0.2, 0) is 25.9 Å². The van der Waals surface area contributed by atoms with Gasteiger partial charge < -0.3 is 11.1 Å². The Kier molecular flexibility index (Phi) is 8.57. The summed E-state index contributed by atoms with van der Waals surface area (Å²) in [6, 6.07) is 15.1. The molecule has 1 aliphatic rings. The zero-order valence-electron chi connectivity index (χ0n) is 16.4. The van der Waals surface area contributed by atoms with Crippen LogP contribution < -0.4 is 11.1 Å². The predicted molar refractivity (Wildman–Crippen MR) is 126 cm³/mol. The first-order chi connectivity index (χ1) is 12.7. The summed E-state index contributed by atoms with van der Waals surface area (Å²) in [4.78, 5) is 6.92. The van der Waals surface area contributed by atoms with E-state index in [0.717, 1.165) is 25.3 Å². The highest BCUT2D eigenvalue weighted by molar-refractivity contribution is 14.0. The zero-order chi connectivity index (χ0) is 18.4. The van der Waals surface area contributed by atoms with Crippen molar-refractivity contribution in [2.45, 2.75) is 46.2 Å². The van der Waals surface area contributed by atoms with Gasteiger partial charge in [0.2, 0.25) is 0 Å². The number of guanidine groups is 1. The molecular formula is C22H31IN4.